The third-order valence-electron chi connectivity index (χ3n) is 5.60. The third kappa shape index (κ3) is 68.3. The van der Waals surface area contributed by atoms with Crippen LogP contribution in [0.5, 0.6) is 0 Å². The molecule has 6 aliphatic heterocycles. The van der Waals surface area contributed by atoms with Gasteiger partial charge in [-0.1, -0.05) is 13.8 Å². The molecule has 0 bridgehead atoms. The molecular weight excluding hydrogens is 640 g/mol. The Morgan fingerprint density at radius 1 is 0.340 bits per heavy atom. The second-order valence-electron chi connectivity index (χ2n) is 9.95. The van der Waals surface area contributed by atoms with Crippen molar-refractivity contribution < 1.29 is 89.7 Å². The Hall–Kier alpha value is -0.503. The van der Waals surface area contributed by atoms with E-state index in [0.717, 1.165) is 158 Å². The first-order valence-corrected chi connectivity index (χ1v) is 18.8. The van der Waals surface area contributed by atoms with E-state index in [1.807, 2.05) is 0 Å². The predicted octanol–water partition coefficient (Wildman–Crippen LogP) is -14.9. The van der Waals surface area contributed by atoms with E-state index in [9.17, 15) is 0 Å². The SMILES string of the molecule is C1COCC[NH2+]1.C1COCC[NH2+]1.C1COCC[NH2+]1.C1COCC[NH2+]1.C1COCC[NH2+]1.C1COCC[NH2+]1.CC[O-].CC[O-].[O-][Si]([O-])([O-])[O-]. The molecule has 47 heavy (non-hydrogen) atoms. The van der Waals surface area contributed by atoms with E-state index in [1.165, 1.54) is 0 Å². The summed E-state index contributed by atoms with van der Waals surface area (Å²) in [6, 6.07) is 0. The second kappa shape index (κ2) is 47.6. The van der Waals surface area contributed by atoms with Crippen LogP contribution in [-0.2, 0) is 28.4 Å². The van der Waals surface area contributed by atoms with Gasteiger partial charge in [-0.15, -0.1) is 13.2 Å². The average Bonchev–Trinajstić information content (AvgIpc) is 3.14. The fourth-order valence-corrected chi connectivity index (χ4v) is 3.48. The topological polar surface area (TPSA) is 293 Å². The molecule has 6 saturated heterocycles. The molecule has 0 aromatic heterocycles. The van der Waals surface area contributed by atoms with Crippen LogP contribution in [0.4, 0.5) is 0 Å². The normalized spacial score (nSPS) is 20.4. The van der Waals surface area contributed by atoms with Crippen molar-refractivity contribution in [2.24, 2.45) is 0 Å². The van der Waals surface area contributed by atoms with Gasteiger partial charge in [0.1, 0.15) is 0 Å². The quantitative estimate of drug-likeness (QED) is 0.128. The van der Waals surface area contributed by atoms with Crippen molar-refractivity contribution in [1.29, 1.82) is 0 Å². The summed E-state index contributed by atoms with van der Waals surface area (Å²) in [7, 11) is -5.61. The lowest BCUT2D eigenvalue weighted by atomic mass is 10.5. The highest BCUT2D eigenvalue weighted by Gasteiger charge is 1.99. The van der Waals surface area contributed by atoms with Crippen molar-refractivity contribution in [2.45, 2.75) is 13.8 Å². The maximum Gasteiger partial charge on any atom is 0.0993 e. The van der Waals surface area contributed by atoms with Crippen LogP contribution in [-0.4, -0.2) is 180 Å². The highest BCUT2D eigenvalue weighted by atomic mass is 28.4. The molecule has 6 aliphatic rings. The fourth-order valence-electron chi connectivity index (χ4n) is 3.48. The van der Waals surface area contributed by atoms with Crippen molar-refractivity contribution in [3.05, 3.63) is 0 Å². The number of nitrogens with two attached hydrogens (primary N) is 6. The maximum atomic E-state index is 8.93. The van der Waals surface area contributed by atoms with Gasteiger partial charge in [-0.25, -0.2) is 0 Å². The predicted molar refractivity (Wildman–Crippen MR) is 162 cm³/mol. The molecule has 6 fully saturated rings. The van der Waals surface area contributed by atoms with Gasteiger partial charge in [-0.2, -0.15) is 0 Å². The Morgan fingerprint density at radius 2 is 0.426 bits per heavy atom. The second-order valence-corrected chi connectivity index (χ2v) is 10.9. The lowest BCUT2D eigenvalue weighted by molar-refractivity contribution is -0.670. The molecule has 0 aliphatic carbocycles. The Bertz CT molecular complexity index is 345. The molecule has 19 heteroatoms. The Morgan fingerprint density at radius 3 is 0.447 bits per heavy atom. The Labute approximate surface area is 283 Å². The summed E-state index contributed by atoms with van der Waals surface area (Å²) < 4.78 is 30.2. The molecule has 0 atom stereocenters. The van der Waals surface area contributed by atoms with E-state index in [1.54, 1.807) is 13.8 Å². The molecule has 6 heterocycles. The first-order valence-electron chi connectivity index (χ1n) is 17.2. The molecule has 18 nitrogen and oxygen atoms in total. The minimum absolute atomic E-state index is 0. The van der Waals surface area contributed by atoms with Crippen LogP contribution in [0.3, 0.4) is 0 Å². The highest BCUT2D eigenvalue weighted by Crippen LogP contribution is 1.72. The minimum Gasteiger partial charge on any atom is -0.894 e. The van der Waals surface area contributed by atoms with Gasteiger partial charge in [0.2, 0.25) is 0 Å². The van der Waals surface area contributed by atoms with Crippen molar-refractivity contribution in [2.75, 3.05) is 171 Å². The van der Waals surface area contributed by atoms with E-state index in [-0.39, 0.29) is 13.2 Å². The molecule has 0 amide bonds. The van der Waals surface area contributed by atoms with Crippen molar-refractivity contribution >= 4 is 9.05 Å². The van der Waals surface area contributed by atoms with Gasteiger partial charge in [0, 0.05) is 0 Å². The van der Waals surface area contributed by atoms with Crippen molar-refractivity contribution in [3.8, 4) is 0 Å². The number of hydrogen-bond donors (Lipinski definition) is 6. The summed E-state index contributed by atoms with van der Waals surface area (Å²) in [5, 5.41) is 31.5. The summed E-state index contributed by atoms with van der Waals surface area (Å²) in [6.45, 7) is 28.3. The van der Waals surface area contributed by atoms with Gasteiger partial charge in [0.15, 0.2) is 0 Å². The van der Waals surface area contributed by atoms with Crippen LogP contribution in [0.25, 0.3) is 0 Å². The molecule has 0 spiro atoms. The van der Waals surface area contributed by atoms with Gasteiger partial charge < -0.3 is 98.8 Å². The Balaban J connectivity index is -0.000000468. The molecule has 0 unspecified atom stereocenters. The van der Waals surface area contributed by atoms with E-state index < -0.39 is 9.05 Å². The number of rotatable bonds is 0. The van der Waals surface area contributed by atoms with Crippen LogP contribution in [0.2, 0.25) is 0 Å². The van der Waals surface area contributed by atoms with Crippen molar-refractivity contribution in [3.63, 3.8) is 0 Å². The summed E-state index contributed by atoms with van der Waals surface area (Å²) in [4.78, 5) is 34.3. The summed E-state index contributed by atoms with van der Waals surface area (Å²) in [5.41, 5.74) is 0. The number of hydrogen-bond acceptors (Lipinski definition) is 12. The van der Waals surface area contributed by atoms with Crippen LogP contribution in [0, 0.1) is 0 Å². The summed E-state index contributed by atoms with van der Waals surface area (Å²) in [6.07, 6.45) is 0. The largest absolute Gasteiger partial charge is 0.894 e. The monoisotopic (exact) mass is 710 g/mol. The lowest BCUT2D eigenvalue weighted by Crippen LogP contribution is -2.87. The number of morpholine rings is 6. The average molecular weight is 711 g/mol. The molecule has 0 saturated carbocycles. The zero-order valence-corrected chi connectivity index (χ0v) is 30.2. The van der Waals surface area contributed by atoms with Gasteiger partial charge in [0.25, 0.3) is 0 Å². The maximum absolute atomic E-state index is 8.93. The molecule has 0 aromatic carbocycles. The van der Waals surface area contributed by atoms with E-state index in [4.69, 9.17) is 57.8 Å². The van der Waals surface area contributed by atoms with E-state index in [0.29, 0.717) is 0 Å². The van der Waals surface area contributed by atoms with Crippen LogP contribution < -0.4 is 61.3 Å². The highest BCUT2D eigenvalue weighted by molar-refractivity contribution is 6.38. The van der Waals surface area contributed by atoms with Crippen LogP contribution in [0.1, 0.15) is 13.8 Å². The van der Waals surface area contributed by atoms with Gasteiger partial charge in [-0.3, -0.25) is 0 Å². The first kappa shape index (κ1) is 50.9. The number of ether oxygens (including phenoxy) is 6. The number of quaternary nitrogens is 6. The molecule has 0 aromatic rings. The standard InChI is InChI=1S/6C4H9NO.2C2H5O.O4Si/c6*1-3-6-4-2-5-1;2*1-2-3;1-5(2,3)4/h6*5H,1-4H2;2*2H2,1H3;/q;;;;;;2*-1;-4/p+6. The Kier molecular flexibility index (Phi) is 51.5. The third-order valence-corrected chi connectivity index (χ3v) is 5.60. The zero-order chi connectivity index (χ0) is 35.4. The van der Waals surface area contributed by atoms with Gasteiger partial charge in [-0.05, 0) is 0 Å². The zero-order valence-electron chi connectivity index (χ0n) is 29.2. The summed E-state index contributed by atoms with van der Waals surface area (Å²) in [5.74, 6) is 0. The minimum atomic E-state index is -5.61. The summed E-state index contributed by atoms with van der Waals surface area (Å²) >= 11 is 0. The molecule has 12 N–H and O–H groups in total. The van der Waals surface area contributed by atoms with E-state index in [2.05, 4.69) is 31.9 Å². The van der Waals surface area contributed by atoms with Gasteiger partial charge >= 0.3 is 0 Å². The van der Waals surface area contributed by atoms with Crippen LogP contribution >= 0.6 is 0 Å². The van der Waals surface area contributed by atoms with E-state index >= 15 is 0 Å². The smallest absolute Gasteiger partial charge is 0.0993 e. The molecule has 288 valence electrons. The lowest BCUT2D eigenvalue weighted by Gasteiger charge is -2.67. The van der Waals surface area contributed by atoms with Crippen molar-refractivity contribution in [1.82, 2.24) is 0 Å². The van der Waals surface area contributed by atoms with Crippen LogP contribution in [0.15, 0.2) is 0 Å². The molecule has 6 rings (SSSR count). The van der Waals surface area contributed by atoms with Gasteiger partial charge in [0.05, 0.1) is 158 Å². The molecular formula is C28H70N6O12Si. The fraction of sp³-hybridized carbons (Fsp3) is 1.00. The first-order chi connectivity index (χ1) is 22.8. The molecule has 0 radical (unpaired) electrons.